The van der Waals surface area contributed by atoms with Crippen LogP contribution in [0.1, 0.15) is 18.6 Å². The van der Waals surface area contributed by atoms with Crippen molar-refractivity contribution < 1.29 is 5.11 Å². The zero-order valence-corrected chi connectivity index (χ0v) is 7.83. The molecule has 14 heavy (non-hydrogen) atoms. The molecule has 0 fully saturated rings. The predicted molar refractivity (Wildman–Crippen MR) is 52.0 cm³/mol. The van der Waals surface area contributed by atoms with E-state index in [2.05, 4.69) is 10.1 Å². The molecular weight excluding hydrogens is 178 g/mol. The lowest BCUT2D eigenvalue weighted by Gasteiger charge is -2.09. The fraction of sp³-hybridized carbons (Fsp3) is 0.200. The van der Waals surface area contributed by atoms with Crippen LogP contribution in [0.25, 0.3) is 5.82 Å². The van der Waals surface area contributed by atoms with Crippen molar-refractivity contribution in [3.63, 3.8) is 0 Å². The van der Waals surface area contributed by atoms with Crippen molar-refractivity contribution in [1.29, 1.82) is 0 Å². The number of pyridine rings is 1. The second kappa shape index (κ2) is 3.59. The minimum atomic E-state index is -0.539. The van der Waals surface area contributed by atoms with Crippen LogP contribution in [0.4, 0.5) is 0 Å². The minimum Gasteiger partial charge on any atom is -0.389 e. The number of rotatable bonds is 2. The van der Waals surface area contributed by atoms with Crippen molar-refractivity contribution in [3.8, 4) is 5.82 Å². The molecule has 0 bridgehead atoms. The summed E-state index contributed by atoms with van der Waals surface area (Å²) in [7, 11) is 0. The van der Waals surface area contributed by atoms with Crippen molar-refractivity contribution in [2.24, 2.45) is 0 Å². The van der Waals surface area contributed by atoms with Crippen LogP contribution in [-0.4, -0.2) is 19.9 Å². The highest BCUT2D eigenvalue weighted by Gasteiger charge is 2.09. The third kappa shape index (κ3) is 1.52. The van der Waals surface area contributed by atoms with E-state index in [0.717, 1.165) is 5.56 Å². The lowest BCUT2D eigenvalue weighted by Crippen LogP contribution is -2.05. The quantitative estimate of drug-likeness (QED) is 0.775. The molecule has 0 aromatic carbocycles. The molecule has 0 aliphatic heterocycles. The van der Waals surface area contributed by atoms with Crippen LogP contribution < -0.4 is 0 Å². The minimum absolute atomic E-state index is 0.539. The third-order valence-corrected chi connectivity index (χ3v) is 1.99. The molecule has 2 aromatic rings. The number of aromatic nitrogens is 3. The molecule has 1 N–H and O–H groups in total. The number of aliphatic hydroxyl groups excluding tert-OH is 1. The molecule has 2 aromatic heterocycles. The average Bonchev–Trinajstić information content (AvgIpc) is 2.70. The SMILES string of the molecule is C[C@@H](O)c1cccnc1-n1cccn1. The molecule has 1 atom stereocenters. The van der Waals surface area contributed by atoms with Crippen LogP contribution >= 0.6 is 0 Å². The van der Waals surface area contributed by atoms with E-state index in [1.165, 1.54) is 0 Å². The van der Waals surface area contributed by atoms with Gasteiger partial charge in [-0.2, -0.15) is 5.10 Å². The smallest absolute Gasteiger partial charge is 0.159 e. The van der Waals surface area contributed by atoms with Crippen LogP contribution in [0.15, 0.2) is 36.8 Å². The monoisotopic (exact) mass is 189 g/mol. The molecular formula is C10H11N3O. The van der Waals surface area contributed by atoms with Gasteiger partial charge in [0.25, 0.3) is 0 Å². The molecule has 0 amide bonds. The number of aliphatic hydroxyl groups is 1. The summed E-state index contributed by atoms with van der Waals surface area (Å²) in [6, 6.07) is 5.46. The average molecular weight is 189 g/mol. The summed E-state index contributed by atoms with van der Waals surface area (Å²) in [5.74, 6) is 0.674. The van der Waals surface area contributed by atoms with Gasteiger partial charge in [0.2, 0.25) is 0 Å². The van der Waals surface area contributed by atoms with Crippen molar-refractivity contribution in [2.45, 2.75) is 13.0 Å². The highest BCUT2D eigenvalue weighted by Crippen LogP contribution is 2.17. The summed E-state index contributed by atoms with van der Waals surface area (Å²) in [6.07, 6.45) is 4.63. The zero-order valence-electron chi connectivity index (χ0n) is 7.83. The number of hydrogen-bond donors (Lipinski definition) is 1. The Hall–Kier alpha value is -1.68. The van der Waals surface area contributed by atoms with Gasteiger partial charge in [-0.25, -0.2) is 9.67 Å². The molecule has 2 rings (SSSR count). The molecule has 4 heteroatoms. The van der Waals surface area contributed by atoms with Crippen molar-refractivity contribution in [1.82, 2.24) is 14.8 Å². The van der Waals surface area contributed by atoms with Crippen molar-refractivity contribution in [3.05, 3.63) is 42.4 Å². The van der Waals surface area contributed by atoms with Crippen LogP contribution in [0.3, 0.4) is 0 Å². The first-order valence-electron chi connectivity index (χ1n) is 4.42. The summed E-state index contributed by atoms with van der Waals surface area (Å²) >= 11 is 0. The topological polar surface area (TPSA) is 50.9 Å². The molecule has 0 saturated carbocycles. The van der Waals surface area contributed by atoms with E-state index < -0.39 is 6.10 Å². The van der Waals surface area contributed by atoms with Crippen LogP contribution in [0, 0.1) is 0 Å². The largest absolute Gasteiger partial charge is 0.389 e. The molecule has 4 nitrogen and oxygen atoms in total. The molecule has 0 radical (unpaired) electrons. The van der Waals surface area contributed by atoms with E-state index in [1.54, 1.807) is 36.3 Å². The third-order valence-electron chi connectivity index (χ3n) is 1.99. The molecule has 0 spiro atoms. The Balaban J connectivity index is 2.53. The van der Waals surface area contributed by atoms with Crippen molar-refractivity contribution in [2.75, 3.05) is 0 Å². The Kier molecular flexibility index (Phi) is 2.28. The molecule has 0 unspecified atom stereocenters. The Labute approximate surface area is 81.8 Å². The summed E-state index contributed by atoms with van der Waals surface area (Å²) < 4.78 is 1.64. The van der Waals surface area contributed by atoms with Gasteiger partial charge in [-0.15, -0.1) is 0 Å². The van der Waals surface area contributed by atoms with Crippen LogP contribution in [0.5, 0.6) is 0 Å². The van der Waals surface area contributed by atoms with Crippen molar-refractivity contribution >= 4 is 0 Å². The fourth-order valence-corrected chi connectivity index (χ4v) is 1.32. The summed E-state index contributed by atoms with van der Waals surface area (Å²) in [5, 5.41) is 13.6. The summed E-state index contributed by atoms with van der Waals surface area (Å²) in [6.45, 7) is 1.71. The maximum atomic E-state index is 9.52. The maximum absolute atomic E-state index is 9.52. The Morgan fingerprint density at radius 1 is 1.36 bits per heavy atom. The van der Waals surface area contributed by atoms with Gasteiger partial charge in [0.15, 0.2) is 5.82 Å². The van der Waals surface area contributed by atoms with Gasteiger partial charge in [0.05, 0.1) is 6.10 Å². The first kappa shape index (κ1) is 8.90. The Bertz CT molecular complexity index is 409. The molecule has 0 aliphatic carbocycles. The molecule has 0 saturated heterocycles. The predicted octanol–water partition coefficient (Wildman–Crippen LogP) is 1.32. The second-order valence-electron chi connectivity index (χ2n) is 3.04. The Morgan fingerprint density at radius 2 is 2.21 bits per heavy atom. The van der Waals surface area contributed by atoms with E-state index in [9.17, 15) is 5.11 Å². The van der Waals surface area contributed by atoms with E-state index in [4.69, 9.17) is 0 Å². The second-order valence-corrected chi connectivity index (χ2v) is 3.04. The van der Waals surface area contributed by atoms with Gasteiger partial charge in [-0.1, -0.05) is 6.07 Å². The number of nitrogens with zero attached hydrogens (tertiary/aromatic N) is 3. The van der Waals surface area contributed by atoms with Gasteiger partial charge < -0.3 is 5.11 Å². The lowest BCUT2D eigenvalue weighted by atomic mass is 10.1. The summed E-state index contributed by atoms with van der Waals surface area (Å²) in [4.78, 5) is 4.18. The van der Waals surface area contributed by atoms with Crippen LogP contribution in [0.2, 0.25) is 0 Å². The summed E-state index contributed by atoms with van der Waals surface area (Å²) in [5.41, 5.74) is 0.774. The molecule has 0 aliphatic rings. The van der Waals surface area contributed by atoms with E-state index >= 15 is 0 Å². The van der Waals surface area contributed by atoms with Gasteiger partial charge in [-0.05, 0) is 19.1 Å². The fourth-order valence-electron chi connectivity index (χ4n) is 1.32. The first-order valence-corrected chi connectivity index (χ1v) is 4.42. The van der Waals surface area contributed by atoms with E-state index in [1.807, 2.05) is 12.1 Å². The standard InChI is InChI=1S/C10H11N3O/c1-8(14)9-4-2-5-11-10(9)13-7-3-6-12-13/h2-8,14H,1H3/t8-/m1/s1. The molecule has 72 valence electrons. The Morgan fingerprint density at radius 3 is 2.86 bits per heavy atom. The van der Waals surface area contributed by atoms with Crippen LogP contribution in [-0.2, 0) is 0 Å². The van der Waals surface area contributed by atoms with E-state index in [-0.39, 0.29) is 0 Å². The molecule has 2 heterocycles. The maximum Gasteiger partial charge on any atom is 0.159 e. The first-order chi connectivity index (χ1) is 6.79. The van der Waals surface area contributed by atoms with Gasteiger partial charge in [0.1, 0.15) is 0 Å². The number of hydrogen-bond acceptors (Lipinski definition) is 3. The highest BCUT2D eigenvalue weighted by molar-refractivity contribution is 5.33. The van der Waals surface area contributed by atoms with E-state index in [0.29, 0.717) is 5.82 Å². The normalized spacial score (nSPS) is 12.7. The highest BCUT2D eigenvalue weighted by atomic mass is 16.3. The zero-order chi connectivity index (χ0) is 9.97. The van der Waals surface area contributed by atoms with Gasteiger partial charge in [0, 0.05) is 24.2 Å². The lowest BCUT2D eigenvalue weighted by molar-refractivity contribution is 0.198. The van der Waals surface area contributed by atoms with Gasteiger partial charge in [-0.3, -0.25) is 0 Å². The van der Waals surface area contributed by atoms with Gasteiger partial charge >= 0.3 is 0 Å².